The van der Waals surface area contributed by atoms with E-state index in [1.165, 1.54) is 26.2 Å². The summed E-state index contributed by atoms with van der Waals surface area (Å²) in [6.07, 6.45) is -4.91. The van der Waals surface area contributed by atoms with E-state index in [0.29, 0.717) is 0 Å². The number of aromatic hydroxyl groups is 2. The van der Waals surface area contributed by atoms with Crippen LogP contribution in [-0.4, -0.2) is 80.8 Å². The van der Waals surface area contributed by atoms with Crippen LogP contribution in [0.4, 0.5) is 0 Å². The van der Waals surface area contributed by atoms with E-state index < -0.39 is 83.5 Å². The van der Waals surface area contributed by atoms with E-state index in [-0.39, 0.29) is 28.2 Å². The average Bonchev–Trinajstić information content (AvgIpc) is 3.31. The van der Waals surface area contributed by atoms with E-state index in [9.17, 15) is 39.0 Å². The Morgan fingerprint density at radius 3 is 2.36 bits per heavy atom. The fourth-order valence-electron chi connectivity index (χ4n) is 4.64. The number of benzene rings is 2. The molecule has 0 bridgehead atoms. The van der Waals surface area contributed by atoms with Crippen molar-refractivity contribution < 1.29 is 62.9 Å². The molecule has 1 aromatic heterocycles. The topological polar surface area (TPSA) is 239 Å². The predicted molar refractivity (Wildman–Crippen MR) is 155 cm³/mol. The first kappa shape index (κ1) is 33.8. The summed E-state index contributed by atoms with van der Waals surface area (Å²) in [6, 6.07) is 6.62. The number of carbonyl (C=O) groups excluding carboxylic acids is 3. The molecule has 248 valence electrons. The summed E-state index contributed by atoms with van der Waals surface area (Å²) in [6.45, 7) is 5.07. The number of carbonyl (C=O) groups is 4. The number of phenols is 2. The Balaban J connectivity index is 1.68. The molecule has 0 unspecified atom stereocenters. The van der Waals surface area contributed by atoms with Crippen LogP contribution in [0.25, 0.3) is 0 Å². The molecule has 3 aromatic rings. The lowest BCUT2D eigenvalue weighted by molar-refractivity contribution is -0.156. The number of phenolic OH excluding ortho intramolecular Hbond substituents is 2. The Kier molecular flexibility index (Phi) is 9.99. The number of aryl methyl sites for hydroxylation is 1. The van der Waals surface area contributed by atoms with E-state index in [2.05, 4.69) is 6.58 Å². The van der Waals surface area contributed by atoms with Gasteiger partial charge in [-0.05, 0) is 43.3 Å². The molecule has 4 rings (SSSR count). The first-order chi connectivity index (χ1) is 22.2. The first-order valence-electron chi connectivity index (χ1n) is 13.5. The van der Waals surface area contributed by atoms with Crippen LogP contribution in [0.15, 0.2) is 64.5 Å². The van der Waals surface area contributed by atoms with Crippen molar-refractivity contribution in [2.24, 2.45) is 0 Å². The van der Waals surface area contributed by atoms with Gasteiger partial charge in [-0.1, -0.05) is 0 Å². The summed E-state index contributed by atoms with van der Waals surface area (Å²) in [4.78, 5) is 76.2. The first-order valence-corrected chi connectivity index (χ1v) is 13.5. The molecule has 47 heavy (non-hydrogen) atoms. The normalized spacial score (nSPS) is 18.5. The number of hydrogen-bond donors (Lipinski definition) is 4. The Morgan fingerprint density at radius 2 is 1.72 bits per heavy atom. The van der Waals surface area contributed by atoms with Gasteiger partial charge in [0, 0.05) is 25.3 Å². The number of methoxy groups -OCH3 is 1. The Hall–Kier alpha value is -6.10. The number of aromatic nitrogens is 2. The molecule has 1 saturated heterocycles. The molecule has 2 aromatic carbocycles. The van der Waals surface area contributed by atoms with Gasteiger partial charge in [-0.15, -0.1) is 0 Å². The van der Waals surface area contributed by atoms with Gasteiger partial charge in [-0.3, -0.25) is 19.1 Å². The number of nitrogens with zero attached hydrogens (tertiary/aromatic N) is 1. The third kappa shape index (κ3) is 7.59. The lowest BCUT2D eigenvalue weighted by Crippen LogP contribution is -2.42. The van der Waals surface area contributed by atoms with Crippen molar-refractivity contribution in [1.29, 1.82) is 0 Å². The summed E-state index contributed by atoms with van der Waals surface area (Å²) < 4.78 is 33.6. The molecular weight excluding hydrogens is 628 g/mol. The monoisotopic (exact) mass is 656 g/mol. The summed E-state index contributed by atoms with van der Waals surface area (Å²) >= 11 is 0. The molecule has 0 spiro atoms. The highest BCUT2D eigenvalue weighted by Gasteiger charge is 2.51. The number of hydrogen-bond acceptors (Lipinski definition) is 14. The average molecular weight is 657 g/mol. The minimum absolute atomic E-state index is 0.0530. The maximum atomic E-state index is 13.5. The maximum Gasteiger partial charge on any atom is 0.371 e. The standard InChI is InChI=1S/C30H28N2O15/c1-13-9-17(34)11-20(42-4)23(13)29(40)47-24-21(46-26(25(24)45-15(3)33)32-8-7-22(36)31-30(32)41)12-43-28(39)16-5-6-18(35)19(10-16)44-14(2)27(37)38/h5-11,21,24-26,34-35H,2,12H2,1,3-4H3,(H,37,38)(H,31,36,41)/t21-,24+,25-,26-/m0/s1. The van der Waals surface area contributed by atoms with Gasteiger partial charge in [0.15, 0.2) is 29.9 Å². The van der Waals surface area contributed by atoms with Gasteiger partial charge in [0.25, 0.3) is 5.56 Å². The second-order valence-corrected chi connectivity index (χ2v) is 9.98. The van der Waals surface area contributed by atoms with Gasteiger partial charge in [0.1, 0.15) is 29.8 Å². The van der Waals surface area contributed by atoms with Gasteiger partial charge in [-0.25, -0.2) is 19.2 Å². The second-order valence-electron chi connectivity index (χ2n) is 9.98. The van der Waals surface area contributed by atoms with Crippen molar-refractivity contribution in [3.63, 3.8) is 0 Å². The van der Waals surface area contributed by atoms with E-state index in [4.69, 9.17) is 33.5 Å². The molecule has 0 saturated carbocycles. The van der Waals surface area contributed by atoms with Crippen LogP contribution in [0, 0.1) is 6.92 Å². The number of carboxylic acids is 1. The minimum atomic E-state index is -1.54. The quantitative estimate of drug-likeness (QED) is 0.0980. The second kappa shape index (κ2) is 13.9. The zero-order valence-corrected chi connectivity index (χ0v) is 25.0. The maximum absolute atomic E-state index is 13.5. The highest BCUT2D eigenvalue weighted by atomic mass is 16.7. The van der Waals surface area contributed by atoms with Gasteiger partial charge in [0.2, 0.25) is 5.76 Å². The van der Waals surface area contributed by atoms with Crippen LogP contribution in [0.5, 0.6) is 23.0 Å². The van der Waals surface area contributed by atoms with Crippen molar-refractivity contribution in [3.8, 4) is 23.0 Å². The SMILES string of the molecule is C=C(Oc1cc(C(=O)OC[C@@H]2O[C@H](n3ccc(=O)[nH]c3=O)[C@@H](OC(C)=O)[C@@H]2OC(=O)c2c(C)cc(O)cc2OC)ccc1O)C(=O)O. The number of carboxylic acid groups (broad SMARTS) is 1. The molecule has 1 aliphatic rings. The van der Waals surface area contributed by atoms with Crippen molar-refractivity contribution in [2.45, 2.75) is 38.4 Å². The summed E-state index contributed by atoms with van der Waals surface area (Å²) in [5, 5.41) is 29.0. The molecule has 2 heterocycles. The van der Waals surface area contributed by atoms with Crippen LogP contribution in [0.2, 0.25) is 0 Å². The van der Waals surface area contributed by atoms with Crippen LogP contribution in [0.3, 0.4) is 0 Å². The predicted octanol–water partition coefficient (Wildman–Crippen LogP) is 1.15. The number of aromatic amines is 1. The number of rotatable bonds is 11. The Bertz CT molecular complexity index is 1860. The van der Waals surface area contributed by atoms with E-state index in [1.54, 1.807) is 0 Å². The lowest BCUT2D eigenvalue weighted by atomic mass is 10.1. The lowest BCUT2D eigenvalue weighted by Gasteiger charge is -2.25. The van der Waals surface area contributed by atoms with Gasteiger partial charge >= 0.3 is 29.6 Å². The molecular formula is C30H28N2O15. The largest absolute Gasteiger partial charge is 0.508 e. The minimum Gasteiger partial charge on any atom is -0.508 e. The summed E-state index contributed by atoms with van der Waals surface area (Å²) in [5.74, 6) is -6.35. The molecule has 17 heteroatoms. The van der Waals surface area contributed by atoms with Crippen LogP contribution >= 0.6 is 0 Å². The van der Waals surface area contributed by atoms with Crippen molar-refractivity contribution in [1.82, 2.24) is 9.55 Å². The molecule has 0 aliphatic carbocycles. The molecule has 4 N–H and O–H groups in total. The number of H-pyrrole nitrogens is 1. The fourth-order valence-corrected chi connectivity index (χ4v) is 4.64. The molecule has 1 aliphatic heterocycles. The summed E-state index contributed by atoms with van der Waals surface area (Å²) in [5.41, 5.74) is -1.76. The van der Waals surface area contributed by atoms with Gasteiger partial charge < -0.3 is 43.7 Å². The zero-order chi connectivity index (χ0) is 34.6. The molecule has 0 amide bonds. The summed E-state index contributed by atoms with van der Waals surface area (Å²) in [7, 11) is 1.25. The van der Waals surface area contributed by atoms with Crippen molar-refractivity contribution in [2.75, 3.05) is 13.7 Å². The van der Waals surface area contributed by atoms with Crippen LogP contribution in [-0.2, 0) is 28.5 Å². The third-order valence-corrected chi connectivity index (χ3v) is 6.71. The van der Waals surface area contributed by atoms with Crippen molar-refractivity contribution >= 4 is 23.9 Å². The Morgan fingerprint density at radius 1 is 1.00 bits per heavy atom. The van der Waals surface area contributed by atoms with Gasteiger partial charge in [-0.2, -0.15) is 0 Å². The van der Waals surface area contributed by atoms with Crippen molar-refractivity contribution in [3.05, 3.63) is 92.5 Å². The third-order valence-electron chi connectivity index (χ3n) is 6.71. The molecule has 4 atom stereocenters. The fraction of sp³-hybridized carbons (Fsp3) is 0.267. The number of esters is 3. The highest BCUT2D eigenvalue weighted by molar-refractivity contribution is 5.95. The Labute approximate surface area is 264 Å². The highest BCUT2D eigenvalue weighted by Crippen LogP contribution is 2.36. The van der Waals surface area contributed by atoms with E-state index in [0.717, 1.165) is 42.0 Å². The van der Waals surface area contributed by atoms with Crippen LogP contribution in [0.1, 0.15) is 39.4 Å². The van der Waals surface area contributed by atoms with Gasteiger partial charge in [0.05, 0.1) is 12.7 Å². The number of ether oxygens (including phenoxy) is 6. The zero-order valence-electron chi connectivity index (χ0n) is 25.0. The smallest absolute Gasteiger partial charge is 0.371 e. The molecule has 1 fully saturated rings. The van der Waals surface area contributed by atoms with E-state index >= 15 is 0 Å². The molecule has 0 radical (unpaired) electrons. The van der Waals surface area contributed by atoms with Crippen LogP contribution < -0.4 is 20.7 Å². The number of aliphatic carboxylic acids is 1. The number of nitrogens with one attached hydrogen (secondary N) is 1. The van der Waals surface area contributed by atoms with E-state index in [1.807, 2.05) is 4.98 Å². The molecule has 17 nitrogen and oxygen atoms in total.